The zero-order valence-corrected chi connectivity index (χ0v) is 15.2. The van der Waals surface area contributed by atoms with Crippen molar-refractivity contribution in [1.82, 2.24) is 14.9 Å². The van der Waals surface area contributed by atoms with Crippen LogP contribution < -0.4 is 5.32 Å². The van der Waals surface area contributed by atoms with E-state index in [1.807, 2.05) is 17.0 Å². The van der Waals surface area contributed by atoms with Crippen molar-refractivity contribution in [2.24, 2.45) is 0 Å². The Hall–Kier alpha value is -1.78. The van der Waals surface area contributed by atoms with Gasteiger partial charge in [0.05, 0.1) is 18.8 Å². The predicted molar refractivity (Wildman–Crippen MR) is 99.2 cm³/mol. The van der Waals surface area contributed by atoms with Gasteiger partial charge >= 0.3 is 0 Å². The SMILES string of the molecule is OC[C@@H]1[C@@H](O)[C@H](O)[C@@H](O)CN1CCCCCCNc1ccc2ncoc2n1. The first-order valence-electron chi connectivity index (χ1n) is 9.43. The lowest BCUT2D eigenvalue weighted by Crippen LogP contribution is -2.62. The number of hydrogen-bond acceptors (Lipinski definition) is 9. The smallest absolute Gasteiger partial charge is 0.248 e. The molecule has 1 aliphatic rings. The third-order valence-electron chi connectivity index (χ3n) is 5.09. The van der Waals surface area contributed by atoms with Gasteiger partial charge in [0.1, 0.15) is 23.5 Å². The number of fused-ring (bicyclic) bond motifs is 1. The summed E-state index contributed by atoms with van der Waals surface area (Å²) >= 11 is 0. The summed E-state index contributed by atoms with van der Waals surface area (Å²) in [5.41, 5.74) is 1.26. The third-order valence-corrected chi connectivity index (χ3v) is 5.09. The van der Waals surface area contributed by atoms with Crippen molar-refractivity contribution < 1.29 is 24.8 Å². The molecule has 0 aromatic carbocycles. The van der Waals surface area contributed by atoms with Crippen molar-refractivity contribution in [3.63, 3.8) is 0 Å². The molecule has 2 aromatic heterocycles. The number of β-amino-alcohol motifs (C(OH)–C–C–N with tert-alkyl or cyclic N) is 1. The quantitative estimate of drug-likeness (QED) is 0.380. The van der Waals surface area contributed by atoms with Gasteiger partial charge in [-0.05, 0) is 31.5 Å². The van der Waals surface area contributed by atoms with Gasteiger partial charge in [-0.3, -0.25) is 4.90 Å². The van der Waals surface area contributed by atoms with Crippen molar-refractivity contribution in [2.75, 3.05) is 31.6 Å². The van der Waals surface area contributed by atoms with E-state index in [2.05, 4.69) is 15.3 Å². The summed E-state index contributed by atoms with van der Waals surface area (Å²) in [6.45, 7) is 1.50. The molecule has 0 bridgehead atoms. The molecule has 0 spiro atoms. The summed E-state index contributed by atoms with van der Waals surface area (Å²) in [6, 6.07) is 3.22. The Balaban J connectivity index is 1.32. The fourth-order valence-corrected chi connectivity index (χ4v) is 3.49. The van der Waals surface area contributed by atoms with Gasteiger partial charge in [0.15, 0.2) is 6.39 Å². The van der Waals surface area contributed by atoms with Crippen LogP contribution in [0, 0.1) is 0 Å². The van der Waals surface area contributed by atoms with Crippen molar-refractivity contribution in [3.8, 4) is 0 Å². The number of piperidine rings is 1. The van der Waals surface area contributed by atoms with Crippen molar-refractivity contribution in [1.29, 1.82) is 0 Å². The standard InChI is InChI=1S/C18H28N4O5/c23-10-13-16(25)17(26)14(24)9-22(13)8-4-2-1-3-7-19-15-6-5-12-18(21-15)27-11-20-12/h5-6,11,13-14,16-17,23-26H,1-4,7-10H2,(H,19,21)/t13-,14+,16-,17-/m1/s1. The minimum Gasteiger partial charge on any atom is -0.425 e. The molecule has 9 heteroatoms. The molecule has 0 radical (unpaired) electrons. The number of hydrogen-bond donors (Lipinski definition) is 5. The Kier molecular flexibility index (Phi) is 6.97. The highest BCUT2D eigenvalue weighted by molar-refractivity contribution is 5.69. The second-order valence-corrected chi connectivity index (χ2v) is 7.01. The molecule has 1 saturated heterocycles. The molecular weight excluding hydrogens is 352 g/mol. The van der Waals surface area contributed by atoms with Crippen molar-refractivity contribution in [2.45, 2.75) is 50.0 Å². The van der Waals surface area contributed by atoms with Crippen LogP contribution in [0.1, 0.15) is 25.7 Å². The number of pyridine rings is 1. The van der Waals surface area contributed by atoms with E-state index in [9.17, 15) is 20.4 Å². The molecule has 1 aliphatic heterocycles. The van der Waals surface area contributed by atoms with Crippen LogP contribution >= 0.6 is 0 Å². The molecule has 5 N–H and O–H groups in total. The number of aliphatic hydroxyl groups is 4. The van der Waals surface area contributed by atoms with Gasteiger partial charge in [-0.2, -0.15) is 4.98 Å². The average molecular weight is 380 g/mol. The lowest BCUT2D eigenvalue weighted by atomic mass is 9.94. The summed E-state index contributed by atoms with van der Waals surface area (Å²) in [5.74, 6) is 0.764. The van der Waals surface area contributed by atoms with Gasteiger partial charge in [-0.25, -0.2) is 4.98 Å². The van der Waals surface area contributed by atoms with Crippen LogP contribution in [-0.4, -0.2) is 85.9 Å². The van der Waals surface area contributed by atoms with E-state index in [-0.39, 0.29) is 13.2 Å². The number of anilines is 1. The Morgan fingerprint density at radius 2 is 1.93 bits per heavy atom. The van der Waals surface area contributed by atoms with E-state index in [1.54, 1.807) is 0 Å². The first-order valence-corrected chi connectivity index (χ1v) is 9.43. The van der Waals surface area contributed by atoms with Crippen LogP contribution in [0.25, 0.3) is 11.2 Å². The number of likely N-dealkylation sites (tertiary alicyclic amines) is 1. The number of oxazole rings is 1. The first kappa shape index (κ1) is 20.0. The highest BCUT2D eigenvalue weighted by Gasteiger charge is 2.40. The van der Waals surface area contributed by atoms with Gasteiger partial charge < -0.3 is 30.2 Å². The maximum absolute atomic E-state index is 9.97. The molecule has 0 saturated carbocycles. The largest absolute Gasteiger partial charge is 0.425 e. The molecule has 3 rings (SSSR count). The van der Waals surface area contributed by atoms with Gasteiger partial charge in [-0.1, -0.05) is 12.8 Å². The average Bonchev–Trinajstić information content (AvgIpc) is 3.13. The molecule has 0 amide bonds. The van der Waals surface area contributed by atoms with E-state index >= 15 is 0 Å². The normalized spacial score (nSPS) is 26.5. The van der Waals surface area contributed by atoms with Crippen molar-refractivity contribution in [3.05, 3.63) is 18.5 Å². The summed E-state index contributed by atoms with van der Waals surface area (Å²) in [6.07, 6.45) is 1.98. The van der Waals surface area contributed by atoms with E-state index in [4.69, 9.17) is 4.42 Å². The fourth-order valence-electron chi connectivity index (χ4n) is 3.49. The molecule has 9 nitrogen and oxygen atoms in total. The molecule has 27 heavy (non-hydrogen) atoms. The summed E-state index contributed by atoms with van der Waals surface area (Å²) < 4.78 is 5.18. The van der Waals surface area contributed by atoms with E-state index < -0.39 is 24.4 Å². The van der Waals surface area contributed by atoms with E-state index in [0.717, 1.165) is 43.6 Å². The summed E-state index contributed by atoms with van der Waals surface area (Å²) in [5, 5.41) is 42.2. The highest BCUT2D eigenvalue weighted by atomic mass is 16.4. The molecule has 4 atom stereocenters. The molecule has 0 unspecified atom stereocenters. The lowest BCUT2D eigenvalue weighted by molar-refractivity contribution is -0.145. The third kappa shape index (κ3) is 4.94. The van der Waals surface area contributed by atoms with Crippen LogP contribution in [0.15, 0.2) is 22.9 Å². The zero-order chi connectivity index (χ0) is 19.2. The maximum atomic E-state index is 9.97. The Bertz CT molecular complexity index is 712. The molecule has 1 fully saturated rings. The minimum absolute atomic E-state index is 0.239. The van der Waals surface area contributed by atoms with Crippen LogP contribution in [0.5, 0.6) is 0 Å². The van der Waals surface area contributed by atoms with E-state index in [0.29, 0.717) is 12.3 Å². The summed E-state index contributed by atoms with van der Waals surface area (Å²) in [7, 11) is 0. The van der Waals surface area contributed by atoms with Gasteiger partial charge in [0.25, 0.3) is 0 Å². The second kappa shape index (κ2) is 9.43. The molecular formula is C18H28N4O5. The molecule has 3 heterocycles. The number of nitrogens with zero attached hydrogens (tertiary/aromatic N) is 3. The van der Waals surface area contributed by atoms with Gasteiger partial charge in [-0.15, -0.1) is 0 Å². The molecule has 2 aromatic rings. The number of rotatable bonds is 9. The highest BCUT2D eigenvalue weighted by Crippen LogP contribution is 2.20. The fraction of sp³-hybridized carbons (Fsp3) is 0.667. The number of aromatic nitrogens is 2. The van der Waals surface area contributed by atoms with Crippen LogP contribution in [0.4, 0.5) is 5.82 Å². The minimum atomic E-state index is -1.20. The second-order valence-electron chi connectivity index (χ2n) is 7.01. The molecule has 0 aliphatic carbocycles. The van der Waals surface area contributed by atoms with Crippen LogP contribution in [0.3, 0.4) is 0 Å². The van der Waals surface area contributed by atoms with E-state index in [1.165, 1.54) is 6.39 Å². The number of nitrogens with one attached hydrogen (secondary N) is 1. The Morgan fingerprint density at radius 3 is 2.74 bits per heavy atom. The van der Waals surface area contributed by atoms with Gasteiger partial charge in [0, 0.05) is 13.1 Å². The summed E-state index contributed by atoms with van der Waals surface area (Å²) in [4.78, 5) is 10.2. The van der Waals surface area contributed by atoms with Crippen LogP contribution in [-0.2, 0) is 0 Å². The van der Waals surface area contributed by atoms with Crippen molar-refractivity contribution >= 4 is 17.0 Å². The van der Waals surface area contributed by atoms with Gasteiger partial charge in [0.2, 0.25) is 5.71 Å². The Morgan fingerprint density at radius 1 is 1.11 bits per heavy atom. The lowest BCUT2D eigenvalue weighted by Gasteiger charge is -2.43. The molecule has 150 valence electrons. The van der Waals surface area contributed by atoms with Crippen LogP contribution in [0.2, 0.25) is 0 Å². The monoisotopic (exact) mass is 380 g/mol. The zero-order valence-electron chi connectivity index (χ0n) is 15.2. The topological polar surface area (TPSA) is 135 Å². The number of aliphatic hydroxyl groups excluding tert-OH is 4. The number of unbranched alkanes of at least 4 members (excludes halogenated alkanes) is 3. The predicted octanol–water partition coefficient (Wildman–Crippen LogP) is -0.0457. The first-order chi connectivity index (χ1) is 13.1. The Labute approximate surface area is 157 Å². The maximum Gasteiger partial charge on any atom is 0.248 e.